The Morgan fingerprint density at radius 1 is 0.942 bits per heavy atom. The van der Waals surface area contributed by atoms with Crippen LogP contribution < -0.4 is 29.5 Å². The van der Waals surface area contributed by atoms with Crippen molar-refractivity contribution in [3.63, 3.8) is 0 Å². The van der Waals surface area contributed by atoms with Crippen molar-refractivity contribution in [3.8, 4) is 11.3 Å². The Bertz CT molecular complexity index is 2100. The summed E-state index contributed by atoms with van der Waals surface area (Å²) >= 11 is 0. The summed E-state index contributed by atoms with van der Waals surface area (Å²) in [7, 11) is 0. The minimum absolute atomic E-state index is 0. The molecule has 52 heavy (non-hydrogen) atoms. The third-order valence-corrected chi connectivity index (χ3v) is 9.73. The molecule has 10 heteroatoms. The number of piperidine rings is 1. The molecule has 0 unspecified atom stereocenters. The van der Waals surface area contributed by atoms with Gasteiger partial charge in [0.25, 0.3) is 0 Å². The van der Waals surface area contributed by atoms with Gasteiger partial charge in [-0.15, -0.1) is 0 Å². The van der Waals surface area contributed by atoms with Crippen molar-refractivity contribution >= 4 is 28.5 Å². The van der Waals surface area contributed by atoms with Crippen LogP contribution in [0.15, 0.2) is 66.9 Å². The van der Waals surface area contributed by atoms with Gasteiger partial charge in [-0.2, -0.15) is 31.4 Å². The number of amides is 2. The van der Waals surface area contributed by atoms with Gasteiger partial charge in [-0.1, -0.05) is 60.0 Å². The molecule has 1 saturated heterocycles. The number of imide groups is 1. The normalized spacial score (nSPS) is 16.1. The van der Waals surface area contributed by atoms with E-state index in [-0.39, 0.29) is 48.4 Å². The maximum atomic E-state index is 14.6. The van der Waals surface area contributed by atoms with Gasteiger partial charge in [0.1, 0.15) is 17.5 Å². The smallest absolute Gasteiger partial charge is 0.363 e. The van der Waals surface area contributed by atoms with E-state index in [1.165, 1.54) is 11.6 Å². The van der Waals surface area contributed by atoms with Gasteiger partial charge in [-0.05, 0) is 69.4 Å². The number of benzene rings is 3. The van der Waals surface area contributed by atoms with E-state index in [2.05, 4.69) is 65.4 Å². The molecule has 2 atom stereocenters. The fourth-order valence-corrected chi connectivity index (χ4v) is 6.45. The van der Waals surface area contributed by atoms with Crippen LogP contribution in [0.4, 0.5) is 14.6 Å². The van der Waals surface area contributed by atoms with Crippen LogP contribution in [0.25, 0.3) is 22.2 Å². The van der Waals surface area contributed by atoms with Crippen molar-refractivity contribution in [2.24, 2.45) is 0 Å². The number of hydrogen-bond acceptors (Lipinski definition) is 6. The SMILES string of the molecule is [CH2-]CC(C[CH2-])c1ccc([C@@]2(C)CCC(=O)NC2=O)cc1C.[CH2-]c1cc(-c2cc3c(N[C@H](C)c4cccc(C)c4F)nc(C)nc3cn2)ccc1F.[Li+]. The van der Waals surface area contributed by atoms with Gasteiger partial charge in [0, 0.05) is 23.2 Å². The van der Waals surface area contributed by atoms with Crippen molar-refractivity contribution in [2.45, 2.75) is 77.7 Å². The summed E-state index contributed by atoms with van der Waals surface area (Å²) in [5.41, 5.74) is 6.28. The number of halogens is 2. The van der Waals surface area contributed by atoms with E-state index in [1.54, 1.807) is 44.3 Å². The summed E-state index contributed by atoms with van der Waals surface area (Å²) in [6.07, 6.45) is 4.24. The van der Waals surface area contributed by atoms with E-state index in [1.807, 2.05) is 32.0 Å². The molecule has 0 bridgehead atoms. The van der Waals surface area contributed by atoms with Crippen molar-refractivity contribution in [1.29, 1.82) is 0 Å². The number of nitrogens with zero attached hydrogens (tertiary/aromatic N) is 3. The van der Waals surface area contributed by atoms with Gasteiger partial charge >= 0.3 is 18.9 Å². The van der Waals surface area contributed by atoms with E-state index in [0.717, 1.165) is 34.9 Å². The van der Waals surface area contributed by atoms with Crippen molar-refractivity contribution in [1.82, 2.24) is 20.3 Å². The monoisotopic (exact) mass is 695 g/mol. The van der Waals surface area contributed by atoms with E-state index < -0.39 is 5.41 Å². The molecule has 5 aromatic rings. The van der Waals surface area contributed by atoms with Gasteiger partial charge in [0.05, 0.1) is 28.9 Å². The average Bonchev–Trinajstić information content (AvgIpc) is 3.10. The third-order valence-electron chi connectivity index (χ3n) is 9.73. The van der Waals surface area contributed by atoms with Crippen LogP contribution >= 0.6 is 0 Å². The first-order valence-electron chi connectivity index (χ1n) is 17.1. The van der Waals surface area contributed by atoms with Crippen molar-refractivity contribution < 1.29 is 37.2 Å². The molecule has 2 N–H and O–H groups in total. The second-order valence-electron chi connectivity index (χ2n) is 13.4. The molecule has 266 valence electrons. The zero-order valence-electron chi connectivity index (χ0n) is 30.9. The molecule has 2 aromatic heterocycles. The number of anilines is 1. The minimum atomic E-state index is -0.623. The van der Waals surface area contributed by atoms with Gasteiger partial charge in [-0.3, -0.25) is 24.3 Å². The summed E-state index contributed by atoms with van der Waals surface area (Å²) < 4.78 is 28.2. The molecular formula is C42H44F2LiN5O2-2. The van der Waals surface area contributed by atoms with Crippen LogP contribution in [0.1, 0.15) is 90.7 Å². The topological polar surface area (TPSA) is 96.9 Å². The molecule has 1 aliphatic heterocycles. The number of hydrogen-bond donors (Lipinski definition) is 2. The molecule has 3 heterocycles. The Morgan fingerprint density at radius 3 is 2.33 bits per heavy atom. The summed E-state index contributed by atoms with van der Waals surface area (Å²) in [6.45, 7) is 21.1. The molecule has 6 rings (SSSR count). The zero-order valence-corrected chi connectivity index (χ0v) is 30.9. The predicted molar refractivity (Wildman–Crippen MR) is 199 cm³/mol. The third kappa shape index (κ3) is 8.54. The first-order chi connectivity index (χ1) is 24.2. The second-order valence-corrected chi connectivity index (χ2v) is 13.4. The van der Waals surface area contributed by atoms with E-state index in [9.17, 15) is 18.4 Å². The van der Waals surface area contributed by atoms with Crippen molar-refractivity contribution in [2.75, 3.05) is 5.32 Å². The fraction of sp³-hybridized carbons (Fsp3) is 0.286. The molecule has 0 spiro atoms. The number of rotatable bonds is 8. The molecule has 2 amide bonds. The number of carbonyl (C=O) groups is 2. The number of carbonyl (C=O) groups excluding carboxylic acids is 2. The van der Waals surface area contributed by atoms with Crippen LogP contribution in [0, 0.1) is 53.2 Å². The standard InChI is InChI=1S/C24H21F2N4.C18H23NO2.Li/c1-13-6-5-7-18(23(13)26)15(3)28-24-19-11-21(17-8-9-20(25)14(2)10-17)27-12-22(19)29-16(4)30-24;1-5-13(6-2)15-8-7-14(11-12(15)3)18(4)10-9-16(20)19-17(18)21;/h5-12,15H,2H2,1,3-4H3,(H,28,29,30);7-8,11,13H,1-2,5-6,9-10H2,3-4H3,(H,19,20,21);/q-1;-2;+1/t15-;18-;/m11./s1. The molecular weight excluding hydrogens is 651 g/mol. The Labute approximate surface area is 317 Å². The maximum absolute atomic E-state index is 14.6. The maximum Gasteiger partial charge on any atom is 1.00 e. The van der Waals surface area contributed by atoms with Crippen LogP contribution in [0.5, 0.6) is 0 Å². The zero-order chi connectivity index (χ0) is 37.0. The van der Waals surface area contributed by atoms with Gasteiger partial charge < -0.3 is 19.2 Å². The van der Waals surface area contributed by atoms with Gasteiger partial charge in [-0.25, -0.2) is 14.4 Å². The number of aromatic nitrogens is 3. The Balaban J connectivity index is 0.000000243. The summed E-state index contributed by atoms with van der Waals surface area (Å²) in [4.78, 5) is 37.0. The van der Waals surface area contributed by atoms with Crippen LogP contribution in [-0.2, 0) is 15.0 Å². The second kappa shape index (κ2) is 16.8. The number of nitrogens with one attached hydrogen (secondary N) is 2. The molecule has 0 aliphatic carbocycles. The first-order valence-corrected chi connectivity index (χ1v) is 17.1. The molecule has 1 fully saturated rings. The summed E-state index contributed by atoms with van der Waals surface area (Å²) in [5, 5.41) is 6.52. The first kappa shape index (κ1) is 40.2. The Kier molecular flexibility index (Phi) is 13.0. The fourth-order valence-electron chi connectivity index (χ4n) is 6.45. The Morgan fingerprint density at radius 2 is 1.67 bits per heavy atom. The molecule has 3 aromatic carbocycles. The molecule has 0 radical (unpaired) electrons. The van der Waals surface area contributed by atoms with Crippen molar-refractivity contribution in [3.05, 3.63) is 138 Å². The Hall–Kier alpha value is -4.58. The molecule has 7 nitrogen and oxygen atoms in total. The number of aryl methyl sites for hydroxylation is 3. The largest absolute Gasteiger partial charge is 1.00 e. The van der Waals surface area contributed by atoms with E-state index in [0.29, 0.717) is 58.3 Å². The minimum Gasteiger partial charge on any atom is -0.363 e. The number of fused-ring (bicyclic) bond motifs is 1. The predicted octanol–water partition coefficient (Wildman–Crippen LogP) is 6.17. The van der Waals surface area contributed by atoms with Crippen LogP contribution in [-0.4, -0.2) is 26.8 Å². The quantitative estimate of drug-likeness (QED) is 0.115. The molecule has 0 saturated carbocycles. The van der Waals surface area contributed by atoms with Gasteiger partial charge in [0.2, 0.25) is 11.8 Å². The van der Waals surface area contributed by atoms with E-state index in [4.69, 9.17) is 0 Å². The van der Waals surface area contributed by atoms with Gasteiger partial charge in [0.15, 0.2) is 0 Å². The van der Waals surface area contributed by atoms with Crippen LogP contribution in [0.2, 0.25) is 0 Å². The molecule has 1 aliphatic rings. The average molecular weight is 696 g/mol. The van der Waals surface area contributed by atoms with E-state index >= 15 is 0 Å². The summed E-state index contributed by atoms with van der Waals surface area (Å²) in [6, 6.07) is 17.7. The number of pyridine rings is 1. The summed E-state index contributed by atoms with van der Waals surface area (Å²) in [5.74, 6) is 0.550. The van der Waals surface area contributed by atoms with Crippen LogP contribution in [0.3, 0.4) is 0 Å².